The van der Waals surface area contributed by atoms with Crippen molar-refractivity contribution in [2.45, 2.75) is 20.3 Å². The molecule has 0 radical (unpaired) electrons. The van der Waals surface area contributed by atoms with Gasteiger partial charge in [0.2, 0.25) is 0 Å². The van der Waals surface area contributed by atoms with Crippen LogP contribution in [0.25, 0.3) is 22.0 Å². The lowest BCUT2D eigenvalue weighted by Gasteiger charge is -2.15. The van der Waals surface area contributed by atoms with Crippen molar-refractivity contribution < 1.29 is 4.79 Å². The highest BCUT2D eigenvalue weighted by Crippen LogP contribution is 2.30. The first-order valence-electron chi connectivity index (χ1n) is 10.6. The summed E-state index contributed by atoms with van der Waals surface area (Å²) in [6.45, 7) is 4.69. The third-order valence-corrected chi connectivity index (χ3v) is 5.50. The van der Waals surface area contributed by atoms with Gasteiger partial charge in [-0.05, 0) is 48.6 Å². The summed E-state index contributed by atoms with van der Waals surface area (Å²) >= 11 is 0. The van der Waals surface area contributed by atoms with E-state index in [0.29, 0.717) is 29.6 Å². The second-order valence-corrected chi connectivity index (χ2v) is 7.57. The zero-order valence-electron chi connectivity index (χ0n) is 18.5. The molecule has 0 unspecified atom stereocenters. The summed E-state index contributed by atoms with van der Waals surface area (Å²) in [6, 6.07) is 15.6. The van der Waals surface area contributed by atoms with Crippen molar-refractivity contribution in [1.29, 1.82) is 0 Å². The molecule has 7 nitrogen and oxygen atoms in total. The number of nitrogens with one attached hydrogen (secondary N) is 1. The van der Waals surface area contributed by atoms with Crippen LogP contribution in [0.2, 0.25) is 0 Å². The van der Waals surface area contributed by atoms with Crippen LogP contribution in [0.4, 0.5) is 17.5 Å². The van der Waals surface area contributed by atoms with Crippen molar-refractivity contribution in [3.63, 3.8) is 0 Å². The highest BCUT2D eigenvalue weighted by molar-refractivity contribution is 5.96. The molecule has 0 spiro atoms. The molecule has 4 aromatic rings. The van der Waals surface area contributed by atoms with Gasteiger partial charge in [0.25, 0.3) is 5.91 Å². The second-order valence-electron chi connectivity index (χ2n) is 7.57. The van der Waals surface area contributed by atoms with Crippen molar-refractivity contribution in [3.05, 3.63) is 72.1 Å². The maximum Gasteiger partial charge on any atom is 0.253 e. The number of nitrogens with zero attached hydrogens (tertiary/aromatic N) is 4. The van der Waals surface area contributed by atoms with Gasteiger partial charge in [-0.2, -0.15) is 0 Å². The van der Waals surface area contributed by atoms with Gasteiger partial charge in [-0.25, -0.2) is 15.0 Å². The van der Waals surface area contributed by atoms with Crippen LogP contribution in [-0.2, 0) is 6.42 Å². The number of carbonyl (C=O) groups is 1. The molecule has 0 atom stereocenters. The zero-order chi connectivity index (χ0) is 22.7. The number of nitrogens with two attached hydrogens (primary N) is 1. The summed E-state index contributed by atoms with van der Waals surface area (Å²) < 4.78 is 0. The molecule has 0 aliphatic heterocycles. The van der Waals surface area contributed by atoms with Gasteiger partial charge in [-0.3, -0.25) is 4.79 Å². The lowest BCUT2D eigenvalue weighted by molar-refractivity contribution is 0.0802. The van der Waals surface area contributed by atoms with E-state index in [1.54, 1.807) is 36.5 Å². The van der Waals surface area contributed by atoms with E-state index in [9.17, 15) is 4.79 Å². The normalized spacial score (nSPS) is 10.8. The minimum atomic E-state index is -0.0532. The molecule has 3 N–H and O–H groups in total. The summed E-state index contributed by atoms with van der Waals surface area (Å²) in [5.41, 5.74) is 9.95. The van der Waals surface area contributed by atoms with Crippen molar-refractivity contribution >= 4 is 34.1 Å². The minimum Gasteiger partial charge on any atom is -0.383 e. The Morgan fingerprint density at radius 3 is 2.62 bits per heavy atom. The Bertz CT molecular complexity index is 1290. The predicted octanol–water partition coefficient (Wildman–Crippen LogP) is 4.67. The number of anilines is 3. The molecule has 1 amide bonds. The van der Waals surface area contributed by atoms with E-state index in [0.717, 1.165) is 28.5 Å². The van der Waals surface area contributed by atoms with Crippen LogP contribution in [0.1, 0.15) is 29.8 Å². The first-order chi connectivity index (χ1) is 15.5. The molecule has 0 aliphatic carbocycles. The van der Waals surface area contributed by atoms with Crippen LogP contribution in [0.3, 0.4) is 0 Å². The van der Waals surface area contributed by atoms with E-state index >= 15 is 0 Å². The molecule has 3 aromatic heterocycles. The van der Waals surface area contributed by atoms with E-state index in [1.807, 2.05) is 31.2 Å². The summed E-state index contributed by atoms with van der Waals surface area (Å²) in [7, 11) is 1.77. The number of fused-ring (bicyclic) bond motifs is 1. The van der Waals surface area contributed by atoms with Gasteiger partial charge < -0.3 is 16.0 Å². The lowest BCUT2D eigenvalue weighted by atomic mass is 10.0. The van der Waals surface area contributed by atoms with E-state index < -0.39 is 0 Å². The van der Waals surface area contributed by atoms with Gasteiger partial charge in [0.1, 0.15) is 17.5 Å². The smallest absolute Gasteiger partial charge is 0.253 e. The number of benzene rings is 1. The quantitative estimate of drug-likeness (QED) is 0.465. The number of hydrogen-bond acceptors (Lipinski definition) is 6. The Labute approximate surface area is 187 Å². The fourth-order valence-electron chi connectivity index (χ4n) is 3.59. The fraction of sp³-hybridized carbons (Fsp3) is 0.200. The number of aryl methyl sites for hydroxylation is 1. The van der Waals surface area contributed by atoms with Crippen LogP contribution in [0.15, 0.2) is 60.9 Å². The molecule has 7 heteroatoms. The highest BCUT2D eigenvalue weighted by Gasteiger charge is 2.12. The molecule has 1 aromatic carbocycles. The number of carbonyl (C=O) groups excluding carboxylic acids is 1. The number of aromatic nitrogens is 3. The summed E-state index contributed by atoms with van der Waals surface area (Å²) in [5.74, 6) is 1.54. The van der Waals surface area contributed by atoms with Crippen LogP contribution >= 0.6 is 0 Å². The summed E-state index contributed by atoms with van der Waals surface area (Å²) in [5, 5.41) is 4.91. The van der Waals surface area contributed by atoms with Crippen molar-refractivity contribution in [3.8, 4) is 11.3 Å². The van der Waals surface area contributed by atoms with Gasteiger partial charge in [0.15, 0.2) is 0 Å². The van der Waals surface area contributed by atoms with Crippen molar-refractivity contribution in [2.24, 2.45) is 0 Å². The summed E-state index contributed by atoms with van der Waals surface area (Å²) in [4.78, 5) is 27.5. The third-order valence-electron chi connectivity index (χ3n) is 5.50. The largest absolute Gasteiger partial charge is 0.383 e. The molecule has 0 aliphatic rings. The zero-order valence-corrected chi connectivity index (χ0v) is 18.5. The molecule has 0 saturated heterocycles. The van der Waals surface area contributed by atoms with Gasteiger partial charge in [-0.15, -0.1) is 0 Å². The molecule has 3 heterocycles. The first kappa shape index (κ1) is 21.2. The molecule has 162 valence electrons. The lowest BCUT2D eigenvalue weighted by Crippen LogP contribution is -2.26. The van der Waals surface area contributed by atoms with Crippen LogP contribution in [0.5, 0.6) is 0 Å². The van der Waals surface area contributed by atoms with E-state index in [4.69, 9.17) is 5.73 Å². The van der Waals surface area contributed by atoms with Gasteiger partial charge in [0, 0.05) is 42.5 Å². The van der Waals surface area contributed by atoms with Crippen molar-refractivity contribution in [2.75, 3.05) is 24.6 Å². The van der Waals surface area contributed by atoms with E-state index in [2.05, 4.69) is 39.3 Å². The SMILES string of the molecule is CCc1ccccc1-c1cc2cc(Nc3cc(C(=O)N(C)CC)ccn3)ncc2c(N)n1. The Morgan fingerprint density at radius 2 is 1.84 bits per heavy atom. The Kier molecular flexibility index (Phi) is 5.98. The fourth-order valence-corrected chi connectivity index (χ4v) is 3.59. The number of hydrogen-bond donors (Lipinski definition) is 2. The van der Waals surface area contributed by atoms with Gasteiger partial charge in [-0.1, -0.05) is 31.2 Å². The Balaban J connectivity index is 1.69. The topological polar surface area (TPSA) is 97.0 Å². The summed E-state index contributed by atoms with van der Waals surface area (Å²) in [6.07, 6.45) is 4.23. The number of amides is 1. The van der Waals surface area contributed by atoms with Crippen LogP contribution < -0.4 is 11.1 Å². The molecule has 32 heavy (non-hydrogen) atoms. The van der Waals surface area contributed by atoms with Crippen LogP contribution in [-0.4, -0.2) is 39.4 Å². The number of pyridine rings is 3. The Morgan fingerprint density at radius 1 is 1.06 bits per heavy atom. The van der Waals surface area contributed by atoms with E-state index in [1.165, 1.54) is 5.56 Å². The molecule has 0 bridgehead atoms. The maximum absolute atomic E-state index is 12.5. The monoisotopic (exact) mass is 426 g/mol. The highest BCUT2D eigenvalue weighted by atomic mass is 16.2. The third kappa shape index (κ3) is 4.23. The molecule has 4 rings (SSSR count). The number of nitrogen functional groups attached to an aromatic ring is 1. The van der Waals surface area contributed by atoms with Crippen molar-refractivity contribution in [1.82, 2.24) is 19.9 Å². The van der Waals surface area contributed by atoms with Gasteiger partial charge >= 0.3 is 0 Å². The molecule has 0 saturated carbocycles. The molecular weight excluding hydrogens is 400 g/mol. The van der Waals surface area contributed by atoms with E-state index in [-0.39, 0.29) is 5.91 Å². The van der Waals surface area contributed by atoms with Crippen LogP contribution in [0, 0.1) is 0 Å². The van der Waals surface area contributed by atoms with Gasteiger partial charge in [0.05, 0.1) is 5.69 Å². The number of rotatable bonds is 6. The molecular formula is C25H26N6O. The second kappa shape index (κ2) is 9.01. The predicted molar refractivity (Wildman–Crippen MR) is 129 cm³/mol. The average molecular weight is 427 g/mol. The minimum absolute atomic E-state index is 0.0532. The standard InChI is InChI=1S/C25H26N6O/c1-4-16-8-6-7-9-19(16)21-12-18-14-23(28-15-20(18)24(26)29-21)30-22-13-17(10-11-27-22)25(32)31(3)5-2/h6-15H,4-5H2,1-3H3,(H2,26,29)(H,27,28,30). The Hall–Kier alpha value is -4.00. The average Bonchev–Trinajstić information content (AvgIpc) is 2.83. The first-order valence-corrected chi connectivity index (χ1v) is 10.6. The maximum atomic E-state index is 12.5. The molecule has 0 fully saturated rings.